The van der Waals surface area contributed by atoms with Crippen LogP contribution in [0, 0.1) is 0 Å². The number of nitrogens with two attached hydrogens (primary N) is 2. The monoisotopic (exact) mass is 318 g/mol. The van der Waals surface area contributed by atoms with Gasteiger partial charge in [-0.05, 0) is 20.3 Å². The number of carbonyl (C=O) groups is 4. The summed E-state index contributed by atoms with van der Waals surface area (Å²) in [5.74, 6) is -3.45. The molecule has 0 unspecified atom stereocenters. The molecule has 0 aliphatic carbocycles. The molecule has 10 nitrogen and oxygen atoms in total. The number of aliphatic hydroxyl groups excluding tert-OH is 1. The van der Waals surface area contributed by atoms with Crippen LogP contribution in [-0.2, 0) is 19.2 Å². The summed E-state index contributed by atoms with van der Waals surface area (Å²) in [7, 11) is 0. The summed E-state index contributed by atoms with van der Waals surface area (Å²) in [4.78, 5) is 45.0. The maximum Gasteiger partial charge on any atom is 0.325 e. The fraction of sp³-hybridized carbons (Fsp3) is 0.667. The maximum atomic E-state index is 11.6. The topological polar surface area (TPSA) is 185 Å². The molecule has 0 rings (SSSR count). The van der Waals surface area contributed by atoms with Crippen molar-refractivity contribution in [2.75, 3.05) is 0 Å². The van der Waals surface area contributed by atoms with Gasteiger partial charge in [-0.1, -0.05) is 0 Å². The van der Waals surface area contributed by atoms with Crippen LogP contribution in [0.5, 0.6) is 0 Å². The molecule has 0 heterocycles. The lowest BCUT2D eigenvalue weighted by Crippen LogP contribution is -2.53. The largest absolute Gasteiger partial charge is 0.480 e. The third-order valence-corrected chi connectivity index (χ3v) is 2.89. The van der Waals surface area contributed by atoms with Gasteiger partial charge in [0.25, 0.3) is 0 Å². The smallest absolute Gasteiger partial charge is 0.325 e. The van der Waals surface area contributed by atoms with Crippen molar-refractivity contribution in [2.45, 2.75) is 50.9 Å². The van der Waals surface area contributed by atoms with Crippen molar-refractivity contribution in [3.05, 3.63) is 0 Å². The van der Waals surface area contributed by atoms with Crippen LogP contribution >= 0.6 is 0 Å². The standard InChI is InChI=1S/C12H22N4O6/c1-5(12(21)22)15-8(18)4-3-7(10(14)19)16-11(20)9(13)6(2)17/h5-7,9,17H,3-4,13H2,1-2H3,(H2,14,19)(H,15,18)(H,16,20)(H,21,22)/t5-,6+,7+,9-/m0/s1. The van der Waals surface area contributed by atoms with Gasteiger partial charge in [-0.3, -0.25) is 19.2 Å². The zero-order valence-corrected chi connectivity index (χ0v) is 12.4. The molecule has 0 aromatic heterocycles. The van der Waals surface area contributed by atoms with E-state index in [4.69, 9.17) is 16.6 Å². The van der Waals surface area contributed by atoms with E-state index in [-0.39, 0.29) is 12.8 Å². The Balaban J connectivity index is 4.49. The third kappa shape index (κ3) is 6.99. The number of rotatable bonds is 9. The van der Waals surface area contributed by atoms with Gasteiger partial charge in [0.1, 0.15) is 18.1 Å². The van der Waals surface area contributed by atoms with Crippen LogP contribution < -0.4 is 22.1 Å². The van der Waals surface area contributed by atoms with Gasteiger partial charge in [0.2, 0.25) is 17.7 Å². The first kappa shape index (κ1) is 19.8. The Kier molecular flexibility index (Phi) is 8.05. The molecule has 22 heavy (non-hydrogen) atoms. The second kappa shape index (κ2) is 8.95. The van der Waals surface area contributed by atoms with E-state index in [1.54, 1.807) is 0 Å². The molecule has 0 saturated heterocycles. The normalized spacial score (nSPS) is 16.0. The minimum absolute atomic E-state index is 0.119. The van der Waals surface area contributed by atoms with Gasteiger partial charge < -0.3 is 32.3 Å². The van der Waals surface area contributed by atoms with E-state index in [9.17, 15) is 24.3 Å². The third-order valence-electron chi connectivity index (χ3n) is 2.89. The summed E-state index contributed by atoms with van der Waals surface area (Å²) in [5.41, 5.74) is 10.5. The van der Waals surface area contributed by atoms with Gasteiger partial charge in [-0.15, -0.1) is 0 Å². The highest BCUT2D eigenvalue weighted by Gasteiger charge is 2.25. The first-order valence-electron chi connectivity index (χ1n) is 6.61. The fourth-order valence-corrected chi connectivity index (χ4v) is 1.42. The Bertz CT molecular complexity index is 439. The Morgan fingerprint density at radius 1 is 1.14 bits per heavy atom. The summed E-state index contributed by atoms with van der Waals surface area (Å²) in [6.45, 7) is 2.60. The second-order valence-electron chi connectivity index (χ2n) is 4.90. The van der Waals surface area contributed by atoms with Crippen LogP contribution in [0.1, 0.15) is 26.7 Å². The van der Waals surface area contributed by atoms with Gasteiger partial charge in [-0.2, -0.15) is 0 Å². The summed E-state index contributed by atoms with van der Waals surface area (Å²) in [5, 5.41) is 22.3. The lowest BCUT2D eigenvalue weighted by molar-refractivity contribution is -0.141. The molecule has 0 fully saturated rings. The Labute approximate surface area is 127 Å². The van der Waals surface area contributed by atoms with Crippen molar-refractivity contribution in [3.63, 3.8) is 0 Å². The van der Waals surface area contributed by atoms with E-state index in [1.807, 2.05) is 0 Å². The molecule has 0 bridgehead atoms. The Hall–Kier alpha value is -2.20. The average molecular weight is 318 g/mol. The Morgan fingerprint density at radius 3 is 2.09 bits per heavy atom. The average Bonchev–Trinajstić information content (AvgIpc) is 2.41. The molecular weight excluding hydrogens is 296 g/mol. The number of nitrogens with one attached hydrogen (secondary N) is 2. The Morgan fingerprint density at radius 2 is 1.68 bits per heavy atom. The number of aliphatic hydroxyl groups is 1. The molecular formula is C12H22N4O6. The summed E-state index contributed by atoms with van der Waals surface area (Å²) < 4.78 is 0. The summed E-state index contributed by atoms with van der Waals surface area (Å²) in [6, 6.07) is -3.45. The van der Waals surface area contributed by atoms with E-state index in [2.05, 4.69) is 10.6 Å². The quantitative estimate of drug-likeness (QED) is 0.262. The van der Waals surface area contributed by atoms with Crippen molar-refractivity contribution in [2.24, 2.45) is 11.5 Å². The molecule has 10 heteroatoms. The van der Waals surface area contributed by atoms with Crippen molar-refractivity contribution in [3.8, 4) is 0 Å². The maximum absolute atomic E-state index is 11.6. The number of hydrogen-bond acceptors (Lipinski definition) is 6. The lowest BCUT2D eigenvalue weighted by atomic mass is 10.1. The van der Waals surface area contributed by atoms with Crippen molar-refractivity contribution < 1.29 is 29.4 Å². The van der Waals surface area contributed by atoms with E-state index in [0.29, 0.717) is 0 Å². The zero-order chi connectivity index (χ0) is 17.4. The van der Waals surface area contributed by atoms with Crippen molar-refractivity contribution in [1.82, 2.24) is 10.6 Å². The molecule has 126 valence electrons. The molecule has 0 aliphatic heterocycles. The zero-order valence-electron chi connectivity index (χ0n) is 12.4. The van der Waals surface area contributed by atoms with Crippen LogP contribution in [0.4, 0.5) is 0 Å². The van der Waals surface area contributed by atoms with E-state index in [0.717, 1.165) is 0 Å². The van der Waals surface area contributed by atoms with E-state index in [1.165, 1.54) is 13.8 Å². The number of carboxylic acid groups (broad SMARTS) is 1. The van der Waals surface area contributed by atoms with Crippen LogP contribution in [0.3, 0.4) is 0 Å². The summed E-state index contributed by atoms with van der Waals surface area (Å²) in [6.07, 6.45) is -1.45. The van der Waals surface area contributed by atoms with E-state index >= 15 is 0 Å². The highest BCUT2D eigenvalue weighted by molar-refractivity contribution is 5.90. The van der Waals surface area contributed by atoms with Crippen LogP contribution in [0.25, 0.3) is 0 Å². The molecule has 0 aromatic rings. The molecule has 0 saturated carbocycles. The minimum Gasteiger partial charge on any atom is -0.480 e. The predicted octanol–water partition coefficient (Wildman–Crippen LogP) is -2.97. The van der Waals surface area contributed by atoms with Gasteiger partial charge in [-0.25, -0.2) is 0 Å². The molecule has 0 spiro atoms. The number of hydrogen-bond donors (Lipinski definition) is 6. The lowest BCUT2D eigenvalue weighted by Gasteiger charge is -2.20. The molecule has 0 aromatic carbocycles. The minimum atomic E-state index is -1.23. The molecule has 4 atom stereocenters. The SMILES string of the molecule is C[C@H](NC(=O)CC[C@@H](NC(=O)[C@@H](N)[C@@H](C)O)C(N)=O)C(=O)O. The first-order valence-corrected chi connectivity index (χ1v) is 6.61. The number of aliphatic carboxylic acids is 1. The molecule has 0 aliphatic rings. The van der Waals surface area contributed by atoms with Crippen molar-refractivity contribution >= 4 is 23.7 Å². The van der Waals surface area contributed by atoms with Gasteiger partial charge in [0.05, 0.1) is 6.10 Å². The molecule has 8 N–H and O–H groups in total. The second-order valence-corrected chi connectivity index (χ2v) is 4.90. The number of carboxylic acids is 1. The first-order chi connectivity index (χ1) is 10.1. The molecule has 3 amide bonds. The highest BCUT2D eigenvalue weighted by Crippen LogP contribution is 2.00. The van der Waals surface area contributed by atoms with Gasteiger partial charge in [0.15, 0.2) is 0 Å². The number of amides is 3. The van der Waals surface area contributed by atoms with Crippen LogP contribution in [0.15, 0.2) is 0 Å². The molecule has 0 radical (unpaired) electrons. The van der Waals surface area contributed by atoms with Gasteiger partial charge >= 0.3 is 5.97 Å². The summed E-state index contributed by atoms with van der Waals surface area (Å²) >= 11 is 0. The van der Waals surface area contributed by atoms with Crippen molar-refractivity contribution in [1.29, 1.82) is 0 Å². The number of carbonyl (C=O) groups excluding carboxylic acids is 3. The van der Waals surface area contributed by atoms with Gasteiger partial charge in [0, 0.05) is 6.42 Å². The van der Waals surface area contributed by atoms with Crippen LogP contribution in [-0.4, -0.2) is 58.1 Å². The number of primary amides is 1. The predicted molar refractivity (Wildman–Crippen MR) is 75.3 cm³/mol. The highest BCUT2D eigenvalue weighted by atomic mass is 16.4. The van der Waals surface area contributed by atoms with Crippen LogP contribution in [0.2, 0.25) is 0 Å². The fourth-order valence-electron chi connectivity index (χ4n) is 1.42. The van der Waals surface area contributed by atoms with E-state index < -0.39 is 47.9 Å².